The lowest BCUT2D eigenvalue weighted by molar-refractivity contribution is -0.143. The minimum atomic E-state index is -1.12. The Balaban J connectivity index is 0.982. The van der Waals surface area contributed by atoms with Gasteiger partial charge in [0.05, 0.1) is 15.6 Å². The van der Waals surface area contributed by atoms with Crippen molar-refractivity contribution in [2.24, 2.45) is 23.2 Å². The summed E-state index contributed by atoms with van der Waals surface area (Å²) in [5, 5.41) is 14.0. The number of hydrogen-bond acceptors (Lipinski definition) is 7. The Hall–Kier alpha value is -5.09. The summed E-state index contributed by atoms with van der Waals surface area (Å²) in [5.41, 5.74) is 6.00. The zero-order valence-corrected chi connectivity index (χ0v) is 30.2. The van der Waals surface area contributed by atoms with Crippen molar-refractivity contribution in [2.75, 3.05) is 28.7 Å². The molecule has 2 amide bonds. The molecule has 52 heavy (non-hydrogen) atoms. The van der Waals surface area contributed by atoms with Gasteiger partial charge in [0.2, 0.25) is 5.91 Å². The topological polar surface area (TPSA) is 116 Å². The minimum Gasteiger partial charge on any atom is -0.476 e. The Morgan fingerprint density at radius 2 is 1.62 bits per heavy atom. The Kier molecular flexibility index (Phi) is 7.91. The van der Waals surface area contributed by atoms with Gasteiger partial charge in [-0.15, -0.1) is 0 Å². The standard InChI is InChI=1S/C42H41N5O4S/c1-24-29(8-6-11-34(24)46(2)40(51)42-20-25-17-26(21-42)19-27(18-25)22-42)30-13-14-36(44-37(30)39(49)50)47-16-15-28-7-5-9-31(32(28)23-47)38(48)45-41-43-33-10-3-4-12-35(33)52-41/h3-14,25-27H,15-23H2,1-2H3,(H,49,50)(H,43,45,48). The number of nitrogens with zero attached hydrogens (tertiary/aromatic N) is 4. The molecule has 10 heteroatoms. The fourth-order valence-corrected chi connectivity index (χ4v) is 11.1. The van der Waals surface area contributed by atoms with Crippen molar-refractivity contribution in [1.82, 2.24) is 9.97 Å². The molecule has 0 spiro atoms. The molecule has 0 unspecified atom stereocenters. The number of hydrogen-bond donors (Lipinski definition) is 2. The number of fused-ring (bicyclic) bond motifs is 2. The molecule has 4 aliphatic carbocycles. The van der Waals surface area contributed by atoms with Gasteiger partial charge in [0.15, 0.2) is 10.8 Å². The van der Waals surface area contributed by atoms with E-state index in [2.05, 4.69) is 10.3 Å². The number of aromatic carboxylic acids is 1. The summed E-state index contributed by atoms with van der Waals surface area (Å²) in [5.74, 6) is 1.40. The summed E-state index contributed by atoms with van der Waals surface area (Å²) in [6.07, 6.45) is 7.49. The average molecular weight is 712 g/mol. The lowest BCUT2D eigenvalue weighted by Gasteiger charge is -2.56. The molecule has 10 rings (SSSR count). The largest absolute Gasteiger partial charge is 0.476 e. The third-order valence-corrected chi connectivity index (χ3v) is 13.1. The van der Waals surface area contributed by atoms with Crippen LogP contribution in [-0.4, -0.2) is 46.5 Å². The molecule has 0 atom stereocenters. The smallest absolute Gasteiger partial charge is 0.355 e. The highest BCUT2D eigenvalue weighted by atomic mass is 32.1. The maximum absolute atomic E-state index is 14.3. The summed E-state index contributed by atoms with van der Waals surface area (Å²) in [7, 11) is 1.88. The average Bonchev–Trinajstić information content (AvgIpc) is 3.55. The van der Waals surface area contributed by atoms with E-state index in [0.717, 1.165) is 57.4 Å². The highest BCUT2D eigenvalue weighted by Gasteiger charge is 2.55. The zero-order chi connectivity index (χ0) is 35.7. The van der Waals surface area contributed by atoms with Gasteiger partial charge in [-0.2, -0.15) is 0 Å². The molecule has 5 aromatic rings. The Bertz CT molecular complexity index is 2210. The number of thiazole rings is 1. The molecule has 3 heterocycles. The molecular formula is C42H41N5O4S. The van der Waals surface area contributed by atoms with Crippen LogP contribution in [0.2, 0.25) is 0 Å². The molecule has 0 radical (unpaired) electrons. The predicted octanol–water partition coefficient (Wildman–Crippen LogP) is 8.36. The second kappa shape index (κ2) is 12.5. The second-order valence-corrected chi connectivity index (χ2v) is 16.5. The number of aromatic nitrogens is 2. The maximum Gasteiger partial charge on any atom is 0.355 e. The number of nitrogens with one attached hydrogen (secondary N) is 1. The molecule has 264 valence electrons. The summed E-state index contributed by atoms with van der Waals surface area (Å²) in [6, 6.07) is 23.0. The maximum atomic E-state index is 14.3. The third-order valence-electron chi connectivity index (χ3n) is 12.2. The summed E-state index contributed by atoms with van der Waals surface area (Å²) in [4.78, 5) is 53.8. The van der Waals surface area contributed by atoms with Gasteiger partial charge in [-0.05, 0) is 128 Å². The van der Waals surface area contributed by atoms with Gasteiger partial charge in [-0.1, -0.05) is 47.7 Å². The van der Waals surface area contributed by atoms with Gasteiger partial charge >= 0.3 is 5.97 Å². The van der Waals surface area contributed by atoms with Gasteiger partial charge in [0, 0.05) is 37.0 Å². The fraction of sp³-hybridized carbons (Fsp3) is 0.357. The molecule has 4 fully saturated rings. The van der Waals surface area contributed by atoms with Crippen molar-refractivity contribution in [2.45, 2.75) is 58.4 Å². The van der Waals surface area contributed by atoms with Crippen LogP contribution in [0, 0.1) is 30.1 Å². The minimum absolute atomic E-state index is 0.0412. The van der Waals surface area contributed by atoms with Crippen molar-refractivity contribution in [3.8, 4) is 11.1 Å². The van der Waals surface area contributed by atoms with Crippen molar-refractivity contribution in [3.63, 3.8) is 0 Å². The number of amides is 2. The third kappa shape index (κ3) is 5.55. The molecule has 5 aliphatic rings. The van der Waals surface area contributed by atoms with E-state index in [0.29, 0.717) is 59.3 Å². The number of rotatable bonds is 7. The summed E-state index contributed by atoms with van der Waals surface area (Å²) < 4.78 is 1.00. The van der Waals surface area contributed by atoms with Crippen LogP contribution in [0.25, 0.3) is 21.3 Å². The quantitative estimate of drug-likeness (QED) is 0.174. The number of benzene rings is 3. The van der Waals surface area contributed by atoms with Gasteiger partial charge in [-0.3, -0.25) is 14.9 Å². The number of anilines is 3. The second-order valence-electron chi connectivity index (χ2n) is 15.4. The van der Waals surface area contributed by atoms with Crippen molar-refractivity contribution < 1.29 is 19.5 Å². The Labute approximate surface area is 306 Å². The number of para-hydroxylation sites is 1. The first-order chi connectivity index (χ1) is 25.2. The lowest BCUT2D eigenvalue weighted by atomic mass is 9.49. The zero-order valence-electron chi connectivity index (χ0n) is 29.4. The number of carboxylic acids is 1. The van der Waals surface area contributed by atoms with Crippen LogP contribution in [0.5, 0.6) is 0 Å². The highest BCUT2D eigenvalue weighted by molar-refractivity contribution is 7.22. The molecule has 2 N–H and O–H groups in total. The fourth-order valence-electron chi connectivity index (χ4n) is 10.2. The monoisotopic (exact) mass is 711 g/mol. The molecule has 3 aromatic carbocycles. The summed E-state index contributed by atoms with van der Waals surface area (Å²) >= 11 is 1.44. The van der Waals surface area contributed by atoms with Crippen molar-refractivity contribution in [3.05, 3.63) is 101 Å². The van der Waals surface area contributed by atoms with Crippen molar-refractivity contribution >= 4 is 56.0 Å². The number of carboxylic acid groups (broad SMARTS) is 1. The lowest BCUT2D eigenvalue weighted by Crippen LogP contribution is -2.54. The first-order valence-corrected chi connectivity index (χ1v) is 19.1. The normalized spacial score (nSPS) is 23.0. The van der Waals surface area contributed by atoms with Crippen LogP contribution in [0.3, 0.4) is 0 Å². The van der Waals surface area contributed by atoms with E-state index in [9.17, 15) is 19.5 Å². The predicted molar refractivity (Wildman–Crippen MR) is 204 cm³/mol. The number of carbonyl (C=O) groups excluding carboxylic acids is 2. The van der Waals surface area contributed by atoms with Crippen LogP contribution in [0.15, 0.2) is 72.8 Å². The summed E-state index contributed by atoms with van der Waals surface area (Å²) in [6.45, 7) is 3.01. The van der Waals surface area contributed by atoms with E-state index in [4.69, 9.17) is 4.98 Å². The van der Waals surface area contributed by atoms with Crippen LogP contribution < -0.4 is 15.1 Å². The van der Waals surface area contributed by atoms with Gasteiger partial charge in [-0.25, -0.2) is 14.8 Å². The Morgan fingerprint density at radius 1 is 0.885 bits per heavy atom. The van der Waals surface area contributed by atoms with E-state index in [-0.39, 0.29) is 22.9 Å². The molecular weight excluding hydrogens is 671 g/mol. The molecule has 4 saturated carbocycles. The number of pyridine rings is 1. The van der Waals surface area contributed by atoms with E-state index in [1.165, 1.54) is 30.6 Å². The first kappa shape index (κ1) is 32.8. The van der Waals surface area contributed by atoms with Gasteiger partial charge in [0.25, 0.3) is 5.91 Å². The van der Waals surface area contributed by atoms with E-state index in [1.54, 1.807) is 0 Å². The van der Waals surface area contributed by atoms with Crippen LogP contribution in [0.1, 0.15) is 76.1 Å². The SMILES string of the molecule is Cc1c(-c2ccc(N3CCc4cccc(C(=O)Nc5nc6ccccc6s5)c4C3)nc2C(=O)O)cccc1N(C)C(=O)C12CC3CC(CC(C3)C1)C2. The first-order valence-electron chi connectivity index (χ1n) is 18.3. The van der Waals surface area contributed by atoms with E-state index < -0.39 is 5.97 Å². The van der Waals surface area contributed by atoms with Crippen LogP contribution in [0.4, 0.5) is 16.6 Å². The van der Waals surface area contributed by atoms with E-state index >= 15 is 0 Å². The molecule has 2 aromatic heterocycles. The molecule has 4 bridgehead atoms. The van der Waals surface area contributed by atoms with Crippen molar-refractivity contribution in [1.29, 1.82) is 0 Å². The Morgan fingerprint density at radius 3 is 2.35 bits per heavy atom. The van der Waals surface area contributed by atoms with Gasteiger partial charge < -0.3 is 14.9 Å². The molecule has 9 nitrogen and oxygen atoms in total. The molecule has 1 aliphatic heterocycles. The van der Waals surface area contributed by atoms with Gasteiger partial charge in [0.1, 0.15) is 5.82 Å². The van der Waals surface area contributed by atoms with E-state index in [1.807, 2.05) is 96.6 Å². The highest BCUT2D eigenvalue weighted by Crippen LogP contribution is 2.60. The van der Waals surface area contributed by atoms with Crippen LogP contribution in [-0.2, 0) is 17.8 Å². The molecule has 0 saturated heterocycles. The van der Waals surface area contributed by atoms with Crippen LogP contribution >= 0.6 is 11.3 Å². The number of carbonyl (C=O) groups is 3.